The van der Waals surface area contributed by atoms with Gasteiger partial charge in [-0.1, -0.05) is 0 Å². The average molecular weight is 348 g/mol. The normalized spacial score (nSPS) is 16.3. The molecule has 4 nitrogen and oxygen atoms in total. The molecular weight excluding hydrogens is 332 g/mol. The van der Waals surface area contributed by atoms with E-state index in [0.29, 0.717) is 13.1 Å². The van der Waals surface area contributed by atoms with E-state index >= 15 is 0 Å². The van der Waals surface area contributed by atoms with Gasteiger partial charge in [0.05, 0.1) is 12.2 Å². The fourth-order valence-electron chi connectivity index (χ4n) is 2.04. The SMILES string of the molecule is CN1CCN(C(=O)CNc2c(F)cc(F)cc2Br)CC1. The van der Waals surface area contributed by atoms with Crippen molar-refractivity contribution < 1.29 is 13.6 Å². The maximum absolute atomic E-state index is 13.6. The first kappa shape index (κ1) is 15.2. The van der Waals surface area contributed by atoms with Crippen LogP contribution in [0.3, 0.4) is 0 Å². The van der Waals surface area contributed by atoms with Gasteiger partial charge in [-0.15, -0.1) is 0 Å². The number of hydrogen-bond acceptors (Lipinski definition) is 3. The Morgan fingerprint density at radius 1 is 1.30 bits per heavy atom. The summed E-state index contributed by atoms with van der Waals surface area (Å²) in [4.78, 5) is 15.9. The number of piperazine rings is 1. The van der Waals surface area contributed by atoms with Gasteiger partial charge in [-0.05, 0) is 29.0 Å². The van der Waals surface area contributed by atoms with Crippen molar-refractivity contribution in [1.82, 2.24) is 9.80 Å². The van der Waals surface area contributed by atoms with E-state index in [1.165, 1.54) is 0 Å². The first-order chi connectivity index (χ1) is 9.47. The fourth-order valence-corrected chi connectivity index (χ4v) is 2.59. The molecule has 1 aliphatic heterocycles. The monoisotopic (exact) mass is 347 g/mol. The lowest BCUT2D eigenvalue weighted by Gasteiger charge is -2.32. The van der Waals surface area contributed by atoms with E-state index in [2.05, 4.69) is 26.1 Å². The van der Waals surface area contributed by atoms with Gasteiger partial charge in [0.1, 0.15) is 11.6 Å². The van der Waals surface area contributed by atoms with Crippen molar-refractivity contribution in [2.45, 2.75) is 0 Å². The topological polar surface area (TPSA) is 35.6 Å². The molecule has 20 heavy (non-hydrogen) atoms. The highest BCUT2D eigenvalue weighted by atomic mass is 79.9. The van der Waals surface area contributed by atoms with E-state index in [4.69, 9.17) is 0 Å². The quantitative estimate of drug-likeness (QED) is 0.907. The van der Waals surface area contributed by atoms with E-state index in [1.807, 2.05) is 7.05 Å². The minimum atomic E-state index is -0.719. The summed E-state index contributed by atoms with van der Waals surface area (Å²) in [6.45, 7) is 3.00. The number of anilines is 1. The van der Waals surface area contributed by atoms with Crippen molar-refractivity contribution in [3.05, 3.63) is 28.2 Å². The van der Waals surface area contributed by atoms with Crippen LogP contribution in [0.4, 0.5) is 14.5 Å². The molecular formula is C13H16BrF2N3O. The fraction of sp³-hybridized carbons (Fsp3) is 0.462. The number of halogens is 3. The van der Waals surface area contributed by atoms with Crippen molar-refractivity contribution >= 4 is 27.5 Å². The Bertz CT molecular complexity index is 481. The lowest BCUT2D eigenvalue weighted by atomic mass is 10.3. The van der Waals surface area contributed by atoms with E-state index in [-0.39, 0.29) is 22.6 Å². The summed E-state index contributed by atoms with van der Waals surface area (Å²) < 4.78 is 26.8. The number of benzene rings is 1. The molecule has 1 aromatic rings. The minimum Gasteiger partial charge on any atom is -0.373 e. The molecule has 1 aromatic carbocycles. The highest BCUT2D eigenvalue weighted by Gasteiger charge is 2.19. The number of nitrogens with one attached hydrogen (secondary N) is 1. The molecule has 7 heteroatoms. The predicted molar refractivity (Wildman–Crippen MR) is 76.6 cm³/mol. The summed E-state index contributed by atoms with van der Waals surface area (Å²) in [5.74, 6) is -1.47. The van der Waals surface area contributed by atoms with Crippen LogP contribution in [0.25, 0.3) is 0 Å². The summed E-state index contributed by atoms with van der Waals surface area (Å²) in [7, 11) is 2.01. The molecule has 1 amide bonds. The first-order valence-electron chi connectivity index (χ1n) is 6.32. The van der Waals surface area contributed by atoms with E-state index < -0.39 is 11.6 Å². The summed E-state index contributed by atoms with van der Waals surface area (Å²) in [6, 6.07) is 1.94. The van der Waals surface area contributed by atoms with Gasteiger partial charge >= 0.3 is 0 Å². The van der Waals surface area contributed by atoms with Gasteiger partial charge < -0.3 is 15.1 Å². The molecule has 1 N–H and O–H groups in total. The van der Waals surface area contributed by atoms with Crippen molar-refractivity contribution in [3.8, 4) is 0 Å². The Morgan fingerprint density at radius 2 is 1.95 bits per heavy atom. The molecule has 0 atom stereocenters. The Labute approximate surface area is 124 Å². The van der Waals surface area contributed by atoms with E-state index in [9.17, 15) is 13.6 Å². The molecule has 2 rings (SSSR count). The molecule has 0 radical (unpaired) electrons. The number of carbonyl (C=O) groups excluding carboxylic acids is 1. The lowest BCUT2D eigenvalue weighted by molar-refractivity contribution is -0.130. The van der Waals surface area contributed by atoms with Gasteiger partial charge in [-0.2, -0.15) is 0 Å². The number of hydrogen-bond donors (Lipinski definition) is 1. The molecule has 0 bridgehead atoms. The van der Waals surface area contributed by atoms with Gasteiger partial charge in [-0.25, -0.2) is 8.78 Å². The van der Waals surface area contributed by atoms with Gasteiger partial charge in [0.15, 0.2) is 0 Å². The Morgan fingerprint density at radius 3 is 2.55 bits per heavy atom. The molecule has 1 saturated heterocycles. The van der Waals surface area contributed by atoms with Gasteiger partial charge in [0, 0.05) is 36.7 Å². The number of nitrogens with zero attached hydrogens (tertiary/aromatic N) is 2. The molecule has 0 aliphatic carbocycles. The van der Waals surface area contributed by atoms with Crippen molar-refractivity contribution in [2.24, 2.45) is 0 Å². The summed E-state index contributed by atoms with van der Waals surface area (Å²) in [6.07, 6.45) is 0. The molecule has 110 valence electrons. The van der Waals surface area contributed by atoms with Gasteiger partial charge in [0.2, 0.25) is 5.91 Å². The van der Waals surface area contributed by atoms with Crippen LogP contribution in [-0.4, -0.2) is 55.5 Å². The van der Waals surface area contributed by atoms with Crippen LogP contribution in [-0.2, 0) is 4.79 Å². The summed E-state index contributed by atoms with van der Waals surface area (Å²) in [5.41, 5.74) is 0.105. The third kappa shape index (κ3) is 3.67. The number of amides is 1. The largest absolute Gasteiger partial charge is 0.373 e. The van der Waals surface area contributed by atoms with Crippen LogP contribution in [0.2, 0.25) is 0 Å². The molecule has 0 aromatic heterocycles. The molecule has 0 unspecified atom stereocenters. The smallest absolute Gasteiger partial charge is 0.241 e. The maximum Gasteiger partial charge on any atom is 0.241 e. The van der Waals surface area contributed by atoms with Crippen molar-refractivity contribution in [1.29, 1.82) is 0 Å². The van der Waals surface area contributed by atoms with Crippen molar-refractivity contribution in [3.63, 3.8) is 0 Å². The van der Waals surface area contributed by atoms with Crippen LogP contribution in [0, 0.1) is 11.6 Å². The predicted octanol–water partition coefficient (Wildman–Crippen LogP) is 1.91. The molecule has 0 spiro atoms. The van der Waals surface area contributed by atoms with Crippen LogP contribution < -0.4 is 5.32 Å². The third-order valence-electron chi connectivity index (χ3n) is 3.28. The average Bonchev–Trinajstić information content (AvgIpc) is 2.38. The van der Waals surface area contributed by atoms with Crippen LogP contribution in [0.5, 0.6) is 0 Å². The van der Waals surface area contributed by atoms with Crippen LogP contribution in [0.1, 0.15) is 0 Å². The zero-order valence-corrected chi connectivity index (χ0v) is 12.7. The second-order valence-electron chi connectivity index (χ2n) is 4.78. The standard InChI is InChI=1S/C13H16BrF2N3O/c1-18-2-4-19(5-3-18)12(20)8-17-13-10(14)6-9(15)7-11(13)16/h6-7,17H,2-5,8H2,1H3. The van der Waals surface area contributed by atoms with Gasteiger partial charge in [0.25, 0.3) is 0 Å². The second-order valence-corrected chi connectivity index (χ2v) is 5.64. The maximum atomic E-state index is 13.6. The van der Waals surface area contributed by atoms with Gasteiger partial charge in [-0.3, -0.25) is 4.79 Å². The number of rotatable bonds is 3. The molecule has 1 aliphatic rings. The van der Waals surface area contributed by atoms with E-state index in [1.54, 1.807) is 4.90 Å². The molecule has 1 fully saturated rings. The van der Waals surface area contributed by atoms with Crippen LogP contribution >= 0.6 is 15.9 Å². The minimum absolute atomic E-state index is 0.00906. The number of carbonyl (C=O) groups is 1. The molecule has 1 heterocycles. The Balaban J connectivity index is 1.94. The molecule has 0 saturated carbocycles. The van der Waals surface area contributed by atoms with Crippen LogP contribution in [0.15, 0.2) is 16.6 Å². The lowest BCUT2D eigenvalue weighted by Crippen LogP contribution is -2.48. The zero-order valence-electron chi connectivity index (χ0n) is 11.1. The summed E-state index contributed by atoms with van der Waals surface area (Å²) >= 11 is 3.08. The highest BCUT2D eigenvalue weighted by Crippen LogP contribution is 2.26. The Hall–Kier alpha value is -1.21. The van der Waals surface area contributed by atoms with E-state index in [0.717, 1.165) is 25.2 Å². The Kier molecular flexibility index (Phi) is 4.93. The highest BCUT2D eigenvalue weighted by molar-refractivity contribution is 9.10. The zero-order chi connectivity index (χ0) is 14.7. The van der Waals surface area contributed by atoms with Crippen molar-refractivity contribution in [2.75, 3.05) is 45.1 Å². The number of likely N-dealkylation sites (N-methyl/N-ethyl adjacent to an activating group) is 1. The second kappa shape index (κ2) is 6.49. The summed E-state index contributed by atoms with van der Waals surface area (Å²) in [5, 5.41) is 2.72. The third-order valence-corrected chi connectivity index (χ3v) is 3.90. The first-order valence-corrected chi connectivity index (χ1v) is 7.11.